The molecule has 0 aliphatic carbocycles. The fraction of sp³-hybridized carbons (Fsp3) is 0.0526. The van der Waals surface area contributed by atoms with Crippen molar-refractivity contribution in [3.05, 3.63) is 77.6 Å². The van der Waals surface area contributed by atoms with Gasteiger partial charge in [0.25, 0.3) is 5.91 Å². The number of alkyl halides is 3. The molecule has 0 fully saturated rings. The van der Waals surface area contributed by atoms with Crippen molar-refractivity contribution in [3.8, 4) is 6.07 Å². The Hall–Kier alpha value is -3.93. The molecule has 0 radical (unpaired) electrons. The number of amides is 1. The highest BCUT2D eigenvalue weighted by Gasteiger charge is 2.33. The van der Waals surface area contributed by atoms with Crippen LogP contribution < -0.4 is 10.6 Å². The second-order valence-electron chi connectivity index (χ2n) is 5.58. The number of carbonyl (C=O) groups excluding carboxylic acids is 1. The molecule has 0 aliphatic rings. The van der Waals surface area contributed by atoms with E-state index in [0.29, 0.717) is 11.3 Å². The first kappa shape index (κ1) is 18.8. The van der Waals surface area contributed by atoms with E-state index in [1.54, 1.807) is 24.3 Å². The van der Waals surface area contributed by atoms with Crippen LogP contribution >= 0.6 is 0 Å². The smallest absolute Gasteiger partial charge is 0.324 e. The third-order valence-electron chi connectivity index (χ3n) is 3.64. The predicted molar refractivity (Wildman–Crippen MR) is 95.9 cm³/mol. The van der Waals surface area contributed by atoms with Crippen molar-refractivity contribution < 1.29 is 18.0 Å². The summed E-state index contributed by atoms with van der Waals surface area (Å²) in [5.41, 5.74) is -0.362. The molecule has 28 heavy (non-hydrogen) atoms. The van der Waals surface area contributed by atoms with Crippen molar-refractivity contribution in [2.45, 2.75) is 6.18 Å². The van der Waals surface area contributed by atoms with Gasteiger partial charge in [-0.3, -0.25) is 4.79 Å². The SMILES string of the molecule is N#Cc1ccc(Nc2nccc(C(=O)Nc3ccccc3C(F)(F)F)n2)cc1. The number of anilines is 3. The minimum absolute atomic E-state index is 0.0847. The number of nitrogens with zero attached hydrogens (tertiary/aromatic N) is 3. The van der Waals surface area contributed by atoms with E-state index in [2.05, 4.69) is 20.6 Å². The van der Waals surface area contributed by atoms with Crippen LogP contribution in [-0.4, -0.2) is 15.9 Å². The van der Waals surface area contributed by atoms with Gasteiger partial charge in [0, 0.05) is 11.9 Å². The van der Waals surface area contributed by atoms with Gasteiger partial charge in [-0.05, 0) is 42.5 Å². The summed E-state index contributed by atoms with van der Waals surface area (Å²) >= 11 is 0. The van der Waals surface area contributed by atoms with Gasteiger partial charge >= 0.3 is 6.18 Å². The summed E-state index contributed by atoms with van der Waals surface area (Å²) in [6.07, 6.45) is -3.29. The lowest BCUT2D eigenvalue weighted by Gasteiger charge is -2.13. The van der Waals surface area contributed by atoms with Crippen LogP contribution in [0.2, 0.25) is 0 Å². The summed E-state index contributed by atoms with van der Waals surface area (Å²) in [6.45, 7) is 0. The van der Waals surface area contributed by atoms with Crippen LogP contribution in [0, 0.1) is 11.3 Å². The third-order valence-corrected chi connectivity index (χ3v) is 3.64. The number of para-hydroxylation sites is 1. The second-order valence-corrected chi connectivity index (χ2v) is 5.58. The summed E-state index contributed by atoms with van der Waals surface area (Å²) in [5, 5.41) is 13.9. The van der Waals surface area contributed by atoms with Gasteiger partial charge in [-0.15, -0.1) is 0 Å². The van der Waals surface area contributed by atoms with E-state index in [-0.39, 0.29) is 17.3 Å². The zero-order valence-corrected chi connectivity index (χ0v) is 14.2. The lowest BCUT2D eigenvalue weighted by Crippen LogP contribution is -2.18. The first-order valence-corrected chi connectivity index (χ1v) is 7.94. The maximum Gasteiger partial charge on any atom is 0.418 e. The first-order chi connectivity index (χ1) is 13.4. The highest BCUT2D eigenvalue weighted by molar-refractivity contribution is 6.03. The van der Waals surface area contributed by atoms with Gasteiger partial charge in [-0.1, -0.05) is 12.1 Å². The highest BCUT2D eigenvalue weighted by Crippen LogP contribution is 2.34. The van der Waals surface area contributed by atoms with Crippen molar-refractivity contribution in [1.29, 1.82) is 5.26 Å². The van der Waals surface area contributed by atoms with Crippen molar-refractivity contribution in [2.75, 3.05) is 10.6 Å². The van der Waals surface area contributed by atoms with Gasteiger partial charge in [0.05, 0.1) is 22.9 Å². The lowest BCUT2D eigenvalue weighted by atomic mass is 10.1. The van der Waals surface area contributed by atoms with Gasteiger partial charge in [0.1, 0.15) is 5.69 Å². The Labute approximate surface area is 157 Å². The topological polar surface area (TPSA) is 90.7 Å². The molecule has 0 bridgehead atoms. The van der Waals surface area contributed by atoms with Gasteiger partial charge in [-0.2, -0.15) is 18.4 Å². The van der Waals surface area contributed by atoms with Crippen molar-refractivity contribution >= 4 is 23.2 Å². The van der Waals surface area contributed by atoms with Crippen LogP contribution in [0.25, 0.3) is 0 Å². The minimum Gasteiger partial charge on any atom is -0.324 e. The number of hydrogen-bond acceptors (Lipinski definition) is 5. The minimum atomic E-state index is -4.60. The van der Waals surface area contributed by atoms with Crippen molar-refractivity contribution in [1.82, 2.24) is 9.97 Å². The fourth-order valence-electron chi connectivity index (χ4n) is 2.33. The van der Waals surface area contributed by atoms with Gasteiger partial charge in [0.2, 0.25) is 5.95 Å². The second kappa shape index (κ2) is 7.75. The van der Waals surface area contributed by atoms with Crippen LogP contribution in [0.5, 0.6) is 0 Å². The average Bonchev–Trinajstić information content (AvgIpc) is 2.68. The van der Waals surface area contributed by atoms with Crippen LogP contribution in [0.1, 0.15) is 21.6 Å². The van der Waals surface area contributed by atoms with E-state index in [0.717, 1.165) is 12.1 Å². The molecule has 3 rings (SSSR count). The molecule has 0 unspecified atom stereocenters. The molecule has 1 aromatic heterocycles. The standard InChI is InChI=1S/C19H12F3N5O/c20-19(21,22)14-3-1-2-4-15(14)26-17(28)16-9-10-24-18(27-16)25-13-7-5-12(11-23)6-8-13/h1-10H,(H,26,28)(H,24,25,27). The number of aromatic nitrogens is 2. The summed E-state index contributed by atoms with van der Waals surface area (Å²) in [6, 6.07) is 14.4. The maximum absolute atomic E-state index is 13.1. The molecule has 3 aromatic rings. The molecule has 2 N–H and O–H groups in total. The Morgan fingerprint density at radius 3 is 2.43 bits per heavy atom. The highest BCUT2D eigenvalue weighted by atomic mass is 19.4. The van der Waals surface area contributed by atoms with Crippen molar-refractivity contribution in [3.63, 3.8) is 0 Å². The molecule has 6 nitrogen and oxygen atoms in total. The number of hydrogen-bond donors (Lipinski definition) is 2. The molecule has 0 saturated heterocycles. The first-order valence-electron chi connectivity index (χ1n) is 7.94. The Morgan fingerprint density at radius 1 is 1.04 bits per heavy atom. The number of halogens is 3. The van der Waals surface area contributed by atoms with Crippen LogP contribution in [0.4, 0.5) is 30.5 Å². The molecule has 1 heterocycles. The lowest BCUT2D eigenvalue weighted by molar-refractivity contribution is -0.136. The quantitative estimate of drug-likeness (QED) is 0.698. The van der Waals surface area contributed by atoms with Gasteiger partial charge < -0.3 is 10.6 Å². The zero-order chi connectivity index (χ0) is 20.1. The van der Waals surface area contributed by atoms with E-state index in [9.17, 15) is 18.0 Å². The van der Waals surface area contributed by atoms with Gasteiger partial charge in [0.15, 0.2) is 0 Å². The van der Waals surface area contributed by atoms with E-state index in [1.807, 2.05) is 6.07 Å². The van der Waals surface area contributed by atoms with Crippen LogP contribution in [-0.2, 0) is 6.18 Å². The fourth-order valence-corrected chi connectivity index (χ4v) is 2.33. The molecule has 0 atom stereocenters. The maximum atomic E-state index is 13.1. The molecular weight excluding hydrogens is 371 g/mol. The molecule has 1 amide bonds. The molecular formula is C19H12F3N5O. The summed E-state index contributed by atoms with van der Waals surface area (Å²) < 4.78 is 39.2. The molecule has 0 spiro atoms. The Kier molecular flexibility index (Phi) is 5.22. The zero-order valence-electron chi connectivity index (χ0n) is 14.2. The third kappa shape index (κ3) is 4.42. The Morgan fingerprint density at radius 2 is 1.75 bits per heavy atom. The predicted octanol–water partition coefficient (Wildman–Crippen LogP) is 4.36. The van der Waals surface area contributed by atoms with Crippen LogP contribution in [0.15, 0.2) is 60.8 Å². The molecule has 140 valence electrons. The van der Waals surface area contributed by atoms with Crippen molar-refractivity contribution in [2.24, 2.45) is 0 Å². The number of nitrogens with one attached hydrogen (secondary N) is 2. The molecule has 2 aromatic carbocycles. The van der Waals surface area contributed by atoms with E-state index < -0.39 is 17.6 Å². The summed E-state index contributed by atoms with van der Waals surface area (Å²) in [4.78, 5) is 20.3. The average molecular weight is 383 g/mol. The van der Waals surface area contributed by atoms with E-state index in [1.165, 1.54) is 24.4 Å². The summed E-state index contributed by atoms with van der Waals surface area (Å²) in [7, 11) is 0. The molecule has 0 aliphatic heterocycles. The van der Waals surface area contributed by atoms with E-state index >= 15 is 0 Å². The Balaban J connectivity index is 1.79. The molecule has 9 heteroatoms. The number of carbonyl (C=O) groups is 1. The largest absolute Gasteiger partial charge is 0.418 e. The van der Waals surface area contributed by atoms with Gasteiger partial charge in [-0.25, -0.2) is 9.97 Å². The number of rotatable bonds is 4. The Bertz CT molecular complexity index is 1040. The van der Waals surface area contributed by atoms with Crippen LogP contribution in [0.3, 0.4) is 0 Å². The normalized spacial score (nSPS) is 10.8. The summed E-state index contributed by atoms with van der Waals surface area (Å²) in [5.74, 6) is -0.719. The number of nitriles is 1. The van der Waals surface area contributed by atoms with E-state index in [4.69, 9.17) is 5.26 Å². The monoisotopic (exact) mass is 383 g/mol. The number of benzene rings is 2. The molecule has 0 saturated carbocycles.